The molecule has 1 unspecified atom stereocenters. The van der Waals surface area contributed by atoms with E-state index in [1.807, 2.05) is 0 Å². The monoisotopic (exact) mass is 368 g/mol. The molecule has 138 valence electrons. The summed E-state index contributed by atoms with van der Waals surface area (Å²) in [6.07, 6.45) is 3.06. The van der Waals surface area contributed by atoms with Gasteiger partial charge in [0.15, 0.2) is 6.10 Å². The van der Waals surface area contributed by atoms with Crippen LogP contribution in [0.15, 0.2) is 35.2 Å². The molecule has 1 aliphatic carbocycles. The minimum Gasteiger partial charge on any atom is -0.453 e. The highest BCUT2D eigenvalue weighted by Crippen LogP contribution is 2.17. The summed E-state index contributed by atoms with van der Waals surface area (Å²) in [7, 11) is -3.65. The van der Waals surface area contributed by atoms with Crippen LogP contribution in [-0.2, 0) is 24.3 Å². The van der Waals surface area contributed by atoms with Crippen molar-refractivity contribution in [3.05, 3.63) is 30.3 Å². The minimum atomic E-state index is -3.65. The molecule has 1 atom stereocenters. The Morgan fingerprint density at radius 3 is 2.48 bits per heavy atom. The van der Waals surface area contributed by atoms with E-state index >= 15 is 0 Å². The molecule has 0 aliphatic heterocycles. The van der Waals surface area contributed by atoms with Gasteiger partial charge in [-0.05, 0) is 31.9 Å². The van der Waals surface area contributed by atoms with Crippen LogP contribution < -0.4 is 10.0 Å². The predicted octanol–water partition coefficient (Wildman–Crippen LogP) is 1.35. The van der Waals surface area contributed by atoms with Gasteiger partial charge in [0.25, 0.3) is 5.91 Å². The highest BCUT2D eigenvalue weighted by molar-refractivity contribution is 7.89. The quantitative estimate of drug-likeness (QED) is 0.675. The summed E-state index contributed by atoms with van der Waals surface area (Å²) in [5.74, 6) is -0.935. The van der Waals surface area contributed by atoms with Crippen LogP contribution in [0.2, 0.25) is 0 Å². The lowest BCUT2D eigenvalue weighted by Gasteiger charge is -2.17. The summed E-state index contributed by atoms with van der Waals surface area (Å²) in [5.41, 5.74) is 0. The van der Waals surface area contributed by atoms with Crippen LogP contribution in [0, 0.1) is 0 Å². The molecule has 7 nitrogen and oxygen atoms in total. The van der Waals surface area contributed by atoms with E-state index in [2.05, 4.69) is 10.0 Å². The maximum absolute atomic E-state index is 12.0. The average Bonchev–Trinajstić information content (AvgIpc) is 3.08. The van der Waals surface area contributed by atoms with Crippen LogP contribution in [-0.4, -0.2) is 39.0 Å². The van der Waals surface area contributed by atoms with E-state index in [1.165, 1.54) is 19.1 Å². The molecule has 0 saturated heterocycles. The van der Waals surface area contributed by atoms with Crippen LogP contribution in [0.3, 0.4) is 0 Å². The largest absolute Gasteiger partial charge is 0.453 e. The van der Waals surface area contributed by atoms with E-state index in [0.717, 1.165) is 25.7 Å². The first-order chi connectivity index (χ1) is 11.9. The number of amides is 1. The zero-order chi connectivity index (χ0) is 18.3. The van der Waals surface area contributed by atoms with Crippen molar-refractivity contribution in [2.45, 2.75) is 56.1 Å². The van der Waals surface area contributed by atoms with Crippen LogP contribution in [0.1, 0.15) is 39.0 Å². The Kier molecular flexibility index (Phi) is 6.95. The number of hydrogen-bond donors (Lipinski definition) is 2. The molecular formula is C17H24N2O5S. The van der Waals surface area contributed by atoms with E-state index in [-0.39, 0.29) is 29.8 Å². The van der Waals surface area contributed by atoms with Gasteiger partial charge in [0.1, 0.15) is 0 Å². The second-order valence-corrected chi connectivity index (χ2v) is 7.85. The van der Waals surface area contributed by atoms with Gasteiger partial charge in [0.2, 0.25) is 10.0 Å². The molecular weight excluding hydrogens is 344 g/mol. The lowest BCUT2D eigenvalue weighted by atomic mass is 10.2. The molecule has 0 spiro atoms. The van der Waals surface area contributed by atoms with Crippen molar-refractivity contribution in [2.24, 2.45) is 0 Å². The van der Waals surface area contributed by atoms with Crippen LogP contribution in [0.4, 0.5) is 0 Å². The molecule has 2 N–H and O–H groups in total. The van der Waals surface area contributed by atoms with Gasteiger partial charge in [-0.3, -0.25) is 9.59 Å². The first-order valence-corrected chi connectivity index (χ1v) is 9.91. The highest BCUT2D eigenvalue weighted by atomic mass is 32.2. The van der Waals surface area contributed by atoms with E-state index in [4.69, 9.17) is 4.74 Å². The van der Waals surface area contributed by atoms with Crippen molar-refractivity contribution in [3.8, 4) is 0 Å². The van der Waals surface area contributed by atoms with Gasteiger partial charge in [0.05, 0.1) is 11.3 Å². The van der Waals surface area contributed by atoms with Gasteiger partial charge in [-0.25, -0.2) is 13.1 Å². The lowest BCUT2D eigenvalue weighted by Crippen LogP contribution is -2.41. The normalized spacial score (nSPS) is 16.4. The molecule has 1 amide bonds. The average molecular weight is 368 g/mol. The molecule has 1 aliphatic rings. The van der Waals surface area contributed by atoms with Gasteiger partial charge in [-0.2, -0.15) is 0 Å². The van der Waals surface area contributed by atoms with Gasteiger partial charge in [0, 0.05) is 12.6 Å². The van der Waals surface area contributed by atoms with Crippen molar-refractivity contribution >= 4 is 21.9 Å². The SMILES string of the molecule is CC(OC(=O)CCNS(=O)(=O)c1ccccc1)C(=O)NC1CCCC1. The van der Waals surface area contributed by atoms with Gasteiger partial charge >= 0.3 is 5.97 Å². The molecule has 8 heteroatoms. The van der Waals surface area contributed by atoms with Gasteiger partial charge < -0.3 is 10.1 Å². The zero-order valence-electron chi connectivity index (χ0n) is 14.2. The van der Waals surface area contributed by atoms with Crippen molar-refractivity contribution in [2.75, 3.05) is 6.54 Å². The number of nitrogens with one attached hydrogen (secondary N) is 2. The fraction of sp³-hybridized carbons (Fsp3) is 0.529. The number of esters is 1. The van der Waals surface area contributed by atoms with E-state index < -0.39 is 22.1 Å². The summed E-state index contributed by atoms with van der Waals surface area (Å²) in [4.78, 5) is 23.9. The molecule has 0 heterocycles. The second-order valence-electron chi connectivity index (χ2n) is 6.08. The molecule has 25 heavy (non-hydrogen) atoms. The Hall–Kier alpha value is -1.93. The molecule has 0 bridgehead atoms. The maximum Gasteiger partial charge on any atom is 0.307 e. The maximum atomic E-state index is 12.0. The third kappa shape index (κ3) is 6.13. The third-order valence-electron chi connectivity index (χ3n) is 4.05. The Morgan fingerprint density at radius 2 is 1.84 bits per heavy atom. The second kappa shape index (κ2) is 8.96. The van der Waals surface area contributed by atoms with Gasteiger partial charge in [-0.1, -0.05) is 31.0 Å². The van der Waals surface area contributed by atoms with E-state index in [1.54, 1.807) is 18.2 Å². The molecule has 1 fully saturated rings. The fourth-order valence-corrected chi connectivity index (χ4v) is 3.72. The van der Waals surface area contributed by atoms with E-state index in [0.29, 0.717) is 0 Å². The third-order valence-corrected chi connectivity index (χ3v) is 5.53. The summed E-state index contributed by atoms with van der Waals surface area (Å²) in [6.45, 7) is 1.42. The van der Waals surface area contributed by atoms with Crippen molar-refractivity contribution in [1.82, 2.24) is 10.0 Å². The Morgan fingerprint density at radius 1 is 1.20 bits per heavy atom. The molecule has 2 rings (SSSR count). The Balaban J connectivity index is 1.72. The smallest absolute Gasteiger partial charge is 0.307 e. The number of benzene rings is 1. The summed E-state index contributed by atoms with van der Waals surface area (Å²) in [6, 6.07) is 8.05. The molecule has 1 aromatic carbocycles. The summed E-state index contributed by atoms with van der Waals surface area (Å²) in [5, 5.41) is 2.86. The topological polar surface area (TPSA) is 102 Å². The molecule has 0 aromatic heterocycles. The highest BCUT2D eigenvalue weighted by Gasteiger charge is 2.23. The lowest BCUT2D eigenvalue weighted by molar-refractivity contribution is -0.154. The van der Waals surface area contributed by atoms with Crippen LogP contribution in [0.25, 0.3) is 0 Å². The zero-order valence-corrected chi connectivity index (χ0v) is 15.1. The Labute approximate surface area is 148 Å². The number of sulfonamides is 1. The molecule has 1 aromatic rings. The standard InChI is InChI=1S/C17H24N2O5S/c1-13(17(21)19-14-7-5-6-8-14)24-16(20)11-12-18-25(22,23)15-9-3-2-4-10-15/h2-4,9-10,13-14,18H,5-8,11-12H2,1H3,(H,19,21). The number of carbonyl (C=O) groups excluding carboxylic acids is 2. The summed E-state index contributed by atoms with van der Waals surface area (Å²) >= 11 is 0. The molecule has 0 radical (unpaired) electrons. The van der Waals surface area contributed by atoms with Crippen LogP contribution in [0.5, 0.6) is 0 Å². The first kappa shape index (κ1) is 19.4. The van der Waals surface area contributed by atoms with E-state index in [9.17, 15) is 18.0 Å². The predicted molar refractivity (Wildman–Crippen MR) is 92.2 cm³/mol. The number of hydrogen-bond acceptors (Lipinski definition) is 5. The Bertz CT molecular complexity index is 684. The van der Waals surface area contributed by atoms with Crippen molar-refractivity contribution in [1.29, 1.82) is 0 Å². The summed E-state index contributed by atoms with van der Waals surface area (Å²) < 4.78 is 31.4. The van der Waals surface area contributed by atoms with Crippen molar-refractivity contribution in [3.63, 3.8) is 0 Å². The first-order valence-electron chi connectivity index (χ1n) is 8.43. The van der Waals surface area contributed by atoms with Crippen molar-refractivity contribution < 1.29 is 22.7 Å². The van der Waals surface area contributed by atoms with Gasteiger partial charge in [-0.15, -0.1) is 0 Å². The minimum absolute atomic E-state index is 0.0903. The number of carbonyl (C=O) groups is 2. The number of ether oxygens (including phenoxy) is 1. The fourth-order valence-electron chi connectivity index (χ4n) is 2.67. The van der Waals surface area contributed by atoms with Crippen LogP contribution >= 0.6 is 0 Å². The molecule has 1 saturated carbocycles. The number of rotatable bonds is 8.